The standard InChI is InChI=1S/C18H31N3O5/c1-13(22)21(14-5-11-25-12-6-14)15(23)18(19)7-9-20(10-8-18)16(24)26-17(2,3)4/h14H,5-12,19H2,1-4H3. The van der Waals surface area contributed by atoms with E-state index in [9.17, 15) is 14.4 Å². The van der Waals surface area contributed by atoms with Crippen molar-refractivity contribution in [2.75, 3.05) is 26.3 Å². The van der Waals surface area contributed by atoms with Crippen molar-refractivity contribution >= 4 is 17.9 Å². The second-order valence-corrected chi connectivity index (χ2v) is 8.16. The molecule has 0 aromatic heterocycles. The SMILES string of the molecule is CC(=O)N(C(=O)C1(N)CCN(C(=O)OC(C)(C)C)CC1)C1CCOCC1. The predicted octanol–water partition coefficient (Wildman–Crippen LogP) is 1.27. The molecule has 0 aromatic rings. The number of amides is 3. The molecular weight excluding hydrogens is 338 g/mol. The van der Waals surface area contributed by atoms with Crippen molar-refractivity contribution in [3.05, 3.63) is 0 Å². The molecule has 2 fully saturated rings. The molecule has 0 bridgehead atoms. The van der Waals surface area contributed by atoms with Crippen LogP contribution >= 0.6 is 0 Å². The minimum absolute atomic E-state index is 0.168. The fourth-order valence-electron chi connectivity index (χ4n) is 3.38. The number of rotatable bonds is 2. The Bertz CT molecular complexity index is 544. The third-order valence-electron chi connectivity index (χ3n) is 4.85. The van der Waals surface area contributed by atoms with Crippen LogP contribution in [0.4, 0.5) is 4.79 Å². The van der Waals surface area contributed by atoms with Crippen LogP contribution in [0.3, 0.4) is 0 Å². The van der Waals surface area contributed by atoms with E-state index < -0.39 is 17.2 Å². The van der Waals surface area contributed by atoms with Gasteiger partial charge in [0.2, 0.25) is 11.8 Å². The normalized spacial score (nSPS) is 21.2. The predicted molar refractivity (Wildman–Crippen MR) is 95.3 cm³/mol. The monoisotopic (exact) mass is 369 g/mol. The van der Waals surface area contributed by atoms with Gasteiger partial charge < -0.3 is 20.1 Å². The molecule has 2 heterocycles. The Morgan fingerprint density at radius 1 is 1.15 bits per heavy atom. The molecule has 26 heavy (non-hydrogen) atoms. The minimum atomic E-state index is -1.14. The summed E-state index contributed by atoms with van der Waals surface area (Å²) in [6.07, 6.45) is 1.47. The number of hydrogen-bond donors (Lipinski definition) is 1. The summed E-state index contributed by atoms with van der Waals surface area (Å²) in [7, 11) is 0. The molecule has 0 atom stereocenters. The Kier molecular flexibility index (Phi) is 6.29. The first-order chi connectivity index (χ1) is 12.0. The average Bonchev–Trinajstić information content (AvgIpc) is 2.54. The molecule has 0 radical (unpaired) electrons. The van der Waals surface area contributed by atoms with Gasteiger partial charge in [0.15, 0.2) is 0 Å². The maximum atomic E-state index is 13.1. The van der Waals surface area contributed by atoms with Crippen molar-refractivity contribution in [1.82, 2.24) is 9.80 Å². The number of likely N-dealkylation sites (tertiary alicyclic amines) is 1. The number of ether oxygens (including phenoxy) is 2. The molecule has 0 saturated carbocycles. The molecule has 0 spiro atoms. The summed E-state index contributed by atoms with van der Waals surface area (Å²) in [5.74, 6) is -0.637. The highest BCUT2D eigenvalue weighted by Gasteiger charge is 2.44. The zero-order valence-corrected chi connectivity index (χ0v) is 16.2. The molecular formula is C18H31N3O5. The topological polar surface area (TPSA) is 102 Å². The molecule has 2 aliphatic rings. The van der Waals surface area contributed by atoms with Gasteiger partial charge in [0.25, 0.3) is 0 Å². The molecule has 3 amide bonds. The van der Waals surface area contributed by atoms with E-state index in [1.165, 1.54) is 11.8 Å². The lowest BCUT2D eigenvalue weighted by Gasteiger charge is -2.42. The van der Waals surface area contributed by atoms with Crippen LogP contribution in [-0.4, -0.2) is 71.2 Å². The van der Waals surface area contributed by atoms with Gasteiger partial charge in [-0.05, 0) is 46.5 Å². The van der Waals surface area contributed by atoms with Gasteiger partial charge >= 0.3 is 6.09 Å². The van der Waals surface area contributed by atoms with Gasteiger partial charge in [0.05, 0.1) is 5.54 Å². The van der Waals surface area contributed by atoms with E-state index in [1.807, 2.05) is 20.8 Å². The van der Waals surface area contributed by atoms with E-state index in [4.69, 9.17) is 15.2 Å². The Labute approximate surface area is 155 Å². The molecule has 2 aliphatic heterocycles. The number of imide groups is 1. The average molecular weight is 369 g/mol. The van der Waals surface area contributed by atoms with E-state index in [0.29, 0.717) is 52.0 Å². The van der Waals surface area contributed by atoms with Gasteiger partial charge in [-0.15, -0.1) is 0 Å². The fourth-order valence-corrected chi connectivity index (χ4v) is 3.38. The van der Waals surface area contributed by atoms with Gasteiger partial charge in [-0.2, -0.15) is 0 Å². The van der Waals surface area contributed by atoms with Crippen molar-refractivity contribution < 1.29 is 23.9 Å². The molecule has 0 aromatic carbocycles. The summed E-state index contributed by atoms with van der Waals surface area (Å²) in [5.41, 5.74) is 4.68. The number of nitrogens with zero attached hydrogens (tertiary/aromatic N) is 2. The molecule has 2 rings (SSSR count). The molecule has 0 unspecified atom stereocenters. The summed E-state index contributed by atoms with van der Waals surface area (Å²) >= 11 is 0. The van der Waals surface area contributed by atoms with Crippen molar-refractivity contribution in [2.45, 2.75) is 70.6 Å². The quantitative estimate of drug-likeness (QED) is 0.786. The number of carbonyl (C=O) groups is 3. The van der Waals surface area contributed by atoms with E-state index in [0.717, 1.165) is 0 Å². The molecule has 0 aliphatic carbocycles. The zero-order chi connectivity index (χ0) is 19.5. The number of nitrogens with two attached hydrogens (primary N) is 1. The second-order valence-electron chi connectivity index (χ2n) is 8.16. The minimum Gasteiger partial charge on any atom is -0.444 e. The van der Waals surface area contributed by atoms with Crippen molar-refractivity contribution in [3.8, 4) is 0 Å². The Morgan fingerprint density at radius 2 is 1.69 bits per heavy atom. The fraction of sp³-hybridized carbons (Fsp3) is 0.833. The summed E-state index contributed by atoms with van der Waals surface area (Å²) in [6.45, 7) is 8.55. The van der Waals surface area contributed by atoms with Gasteiger partial charge in [-0.3, -0.25) is 14.5 Å². The maximum Gasteiger partial charge on any atom is 0.410 e. The number of hydrogen-bond acceptors (Lipinski definition) is 6. The van der Waals surface area contributed by atoms with Crippen LogP contribution in [0.5, 0.6) is 0 Å². The van der Waals surface area contributed by atoms with E-state index in [1.54, 1.807) is 4.90 Å². The highest BCUT2D eigenvalue weighted by molar-refractivity contribution is 5.99. The highest BCUT2D eigenvalue weighted by Crippen LogP contribution is 2.26. The summed E-state index contributed by atoms with van der Waals surface area (Å²) in [4.78, 5) is 40.3. The first-order valence-electron chi connectivity index (χ1n) is 9.22. The van der Waals surface area contributed by atoms with Crippen LogP contribution in [0.25, 0.3) is 0 Å². The van der Waals surface area contributed by atoms with Crippen LogP contribution in [0.1, 0.15) is 53.4 Å². The largest absolute Gasteiger partial charge is 0.444 e. The van der Waals surface area contributed by atoms with Crippen LogP contribution in [0, 0.1) is 0 Å². The molecule has 8 nitrogen and oxygen atoms in total. The maximum absolute atomic E-state index is 13.1. The highest BCUT2D eigenvalue weighted by atomic mass is 16.6. The number of piperidine rings is 1. The first-order valence-corrected chi connectivity index (χ1v) is 9.22. The lowest BCUT2D eigenvalue weighted by atomic mass is 9.86. The van der Waals surface area contributed by atoms with Crippen molar-refractivity contribution in [3.63, 3.8) is 0 Å². The summed E-state index contributed by atoms with van der Waals surface area (Å²) in [6, 6.07) is -0.168. The van der Waals surface area contributed by atoms with Crippen LogP contribution in [0.2, 0.25) is 0 Å². The number of carbonyl (C=O) groups excluding carboxylic acids is 3. The third kappa shape index (κ3) is 4.94. The Hall–Kier alpha value is -1.67. The molecule has 8 heteroatoms. The lowest BCUT2D eigenvalue weighted by Crippen LogP contribution is -2.63. The molecule has 148 valence electrons. The zero-order valence-electron chi connectivity index (χ0n) is 16.2. The van der Waals surface area contributed by atoms with Gasteiger partial charge in [-0.1, -0.05) is 0 Å². The first kappa shape index (κ1) is 20.6. The second kappa shape index (κ2) is 7.92. The van der Waals surface area contributed by atoms with Gasteiger partial charge in [0, 0.05) is 39.3 Å². The smallest absolute Gasteiger partial charge is 0.410 e. The Balaban J connectivity index is 2.02. The van der Waals surface area contributed by atoms with Crippen LogP contribution in [0.15, 0.2) is 0 Å². The summed E-state index contributed by atoms with van der Waals surface area (Å²) < 4.78 is 10.7. The van der Waals surface area contributed by atoms with E-state index in [-0.39, 0.29) is 17.9 Å². The van der Waals surface area contributed by atoms with Gasteiger partial charge in [-0.25, -0.2) is 4.79 Å². The third-order valence-corrected chi connectivity index (χ3v) is 4.85. The Morgan fingerprint density at radius 3 is 2.15 bits per heavy atom. The molecule has 2 N–H and O–H groups in total. The van der Waals surface area contributed by atoms with Crippen molar-refractivity contribution in [2.24, 2.45) is 5.73 Å². The lowest BCUT2D eigenvalue weighted by molar-refractivity contribution is -0.153. The van der Waals surface area contributed by atoms with Crippen LogP contribution in [-0.2, 0) is 19.1 Å². The van der Waals surface area contributed by atoms with Crippen molar-refractivity contribution in [1.29, 1.82) is 0 Å². The van der Waals surface area contributed by atoms with E-state index >= 15 is 0 Å². The van der Waals surface area contributed by atoms with E-state index in [2.05, 4.69) is 0 Å². The molecule has 2 saturated heterocycles. The van der Waals surface area contributed by atoms with Gasteiger partial charge in [0.1, 0.15) is 5.60 Å². The van der Waals surface area contributed by atoms with Crippen LogP contribution < -0.4 is 5.73 Å². The summed E-state index contributed by atoms with van der Waals surface area (Å²) in [5, 5.41) is 0.